The minimum Gasteiger partial charge on any atom is -0.314 e. The lowest BCUT2D eigenvalue weighted by Gasteiger charge is -2.38. The van der Waals surface area contributed by atoms with Crippen LogP contribution in [0.25, 0.3) is 0 Å². The zero-order valence-corrected chi connectivity index (χ0v) is 11.2. The Morgan fingerprint density at radius 3 is 2.82 bits per heavy atom. The molecule has 0 aromatic heterocycles. The molecule has 3 fully saturated rings. The fraction of sp³-hybridized carbons (Fsp3) is 1.00. The summed E-state index contributed by atoms with van der Waals surface area (Å²) in [6, 6.07) is 1.82. The van der Waals surface area contributed by atoms with Crippen molar-refractivity contribution in [3.05, 3.63) is 0 Å². The van der Waals surface area contributed by atoms with Crippen LogP contribution in [0, 0.1) is 5.92 Å². The number of nitrogens with zero attached hydrogens (tertiary/aromatic N) is 1. The van der Waals surface area contributed by atoms with Crippen molar-refractivity contribution in [1.29, 1.82) is 0 Å². The van der Waals surface area contributed by atoms with E-state index in [1.807, 2.05) is 0 Å². The minimum atomic E-state index is 0.846. The minimum absolute atomic E-state index is 0.846. The van der Waals surface area contributed by atoms with Crippen molar-refractivity contribution < 1.29 is 0 Å². The number of piperidine rings is 1. The third kappa shape index (κ3) is 2.85. The van der Waals surface area contributed by atoms with Gasteiger partial charge in [0.25, 0.3) is 0 Å². The number of likely N-dealkylation sites (tertiary alicyclic amines) is 1. The van der Waals surface area contributed by atoms with Gasteiger partial charge in [0, 0.05) is 12.1 Å². The van der Waals surface area contributed by atoms with Gasteiger partial charge in [-0.1, -0.05) is 6.42 Å². The highest BCUT2D eigenvalue weighted by Gasteiger charge is 2.34. The molecule has 1 N–H and O–H groups in total. The van der Waals surface area contributed by atoms with Crippen LogP contribution in [0.15, 0.2) is 0 Å². The van der Waals surface area contributed by atoms with E-state index in [9.17, 15) is 0 Å². The molecule has 0 radical (unpaired) electrons. The van der Waals surface area contributed by atoms with Crippen molar-refractivity contribution in [3.8, 4) is 0 Å². The molecule has 2 aliphatic heterocycles. The lowest BCUT2D eigenvalue weighted by molar-refractivity contribution is 0.110. The maximum Gasteiger partial charge on any atom is 0.0123 e. The molecule has 1 saturated carbocycles. The van der Waals surface area contributed by atoms with Crippen molar-refractivity contribution in [2.24, 2.45) is 5.92 Å². The van der Waals surface area contributed by atoms with Crippen molar-refractivity contribution >= 4 is 0 Å². The topological polar surface area (TPSA) is 15.3 Å². The highest BCUT2D eigenvalue weighted by molar-refractivity contribution is 4.89. The molecule has 0 aromatic carbocycles. The Bertz CT molecular complexity index is 235. The lowest BCUT2D eigenvalue weighted by Crippen LogP contribution is -2.43. The Hall–Kier alpha value is -0.0800. The molecule has 0 spiro atoms. The summed E-state index contributed by atoms with van der Waals surface area (Å²) in [5.74, 6) is 1.06. The van der Waals surface area contributed by atoms with Crippen molar-refractivity contribution in [2.75, 3.05) is 19.6 Å². The van der Waals surface area contributed by atoms with Crippen molar-refractivity contribution in [2.45, 2.75) is 69.9 Å². The van der Waals surface area contributed by atoms with E-state index in [2.05, 4.69) is 10.2 Å². The Labute approximate surface area is 106 Å². The van der Waals surface area contributed by atoms with Gasteiger partial charge in [0.2, 0.25) is 0 Å². The van der Waals surface area contributed by atoms with E-state index in [4.69, 9.17) is 0 Å². The molecular formula is C15H28N2. The Morgan fingerprint density at radius 1 is 1.00 bits per heavy atom. The van der Waals surface area contributed by atoms with E-state index in [0.29, 0.717) is 0 Å². The second-order valence-electron chi connectivity index (χ2n) is 6.37. The van der Waals surface area contributed by atoms with Gasteiger partial charge in [-0.2, -0.15) is 0 Å². The van der Waals surface area contributed by atoms with Gasteiger partial charge in [-0.15, -0.1) is 0 Å². The molecule has 0 amide bonds. The van der Waals surface area contributed by atoms with Crippen molar-refractivity contribution in [1.82, 2.24) is 10.2 Å². The molecule has 3 atom stereocenters. The lowest BCUT2D eigenvalue weighted by atomic mass is 9.91. The Kier molecular flexibility index (Phi) is 4.02. The molecule has 2 saturated heterocycles. The van der Waals surface area contributed by atoms with Gasteiger partial charge in [-0.05, 0) is 76.9 Å². The maximum absolute atomic E-state index is 3.62. The summed E-state index contributed by atoms with van der Waals surface area (Å²) in [6.45, 7) is 4.03. The molecule has 2 heteroatoms. The van der Waals surface area contributed by atoms with Gasteiger partial charge in [0.15, 0.2) is 0 Å². The second-order valence-corrected chi connectivity index (χ2v) is 6.37. The molecule has 1 aliphatic carbocycles. The molecule has 3 aliphatic rings. The van der Waals surface area contributed by atoms with E-state index >= 15 is 0 Å². The number of fused-ring (bicyclic) bond motifs is 1. The first-order valence-electron chi connectivity index (χ1n) is 7.91. The van der Waals surface area contributed by atoms with Crippen LogP contribution in [0.2, 0.25) is 0 Å². The number of hydrogen-bond donors (Lipinski definition) is 1. The molecule has 98 valence electrons. The van der Waals surface area contributed by atoms with E-state index < -0.39 is 0 Å². The quantitative estimate of drug-likeness (QED) is 0.807. The monoisotopic (exact) mass is 236 g/mol. The van der Waals surface area contributed by atoms with E-state index in [-0.39, 0.29) is 0 Å². The van der Waals surface area contributed by atoms with Crippen LogP contribution in [0.4, 0.5) is 0 Å². The average molecular weight is 236 g/mol. The SMILES string of the molecule is C1CNC(CCCN2CCCC3CCCC32)C1. The molecule has 3 unspecified atom stereocenters. The number of rotatable bonds is 4. The molecule has 17 heavy (non-hydrogen) atoms. The van der Waals surface area contributed by atoms with Crippen LogP contribution >= 0.6 is 0 Å². The van der Waals surface area contributed by atoms with Gasteiger partial charge in [-0.3, -0.25) is 0 Å². The van der Waals surface area contributed by atoms with Crippen LogP contribution in [0.5, 0.6) is 0 Å². The fourth-order valence-electron chi connectivity index (χ4n) is 4.38. The summed E-state index contributed by atoms with van der Waals surface area (Å²) in [4.78, 5) is 2.83. The molecule has 3 rings (SSSR count). The van der Waals surface area contributed by atoms with Crippen molar-refractivity contribution in [3.63, 3.8) is 0 Å². The fourth-order valence-corrected chi connectivity index (χ4v) is 4.38. The Morgan fingerprint density at radius 2 is 1.94 bits per heavy atom. The summed E-state index contributed by atoms with van der Waals surface area (Å²) in [5, 5.41) is 3.62. The number of hydrogen-bond acceptors (Lipinski definition) is 2. The highest BCUT2D eigenvalue weighted by Crippen LogP contribution is 2.36. The predicted molar refractivity (Wildman–Crippen MR) is 72.2 cm³/mol. The van der Waals surface area contributed by atoms with Crippen LogP contribution in [-0.4, -0.2) is 36.6 Å². The predicted octanol–water partition coefficient (Wildman–Crippen LogP) is 2.78. The number of nitrogens with one attached hydrogen (secondary N) is 1. The largest absolute Gasteiger partial charge is 0.314 e. The first-order valence-corrected chi connectivity index (χ1v) is 7.91. The molecule has 0 bridgehead atoms. The first-order chi connectivity index (χ1) is 8.43. The standard InChI is InChI=1S/C15H28N2/c1-5-13-6-3-11-17(15(13)9-1)12-4-8-14-7-2-10-16-14/h13-16H,1-12H2. The zero-order chi connectivity index (χ0) is 11.5. The van der Waals surface area contributed by atoms with Crippen LogP contribution in [-0.2, 0) is 0 Å². The van der Waals surface area contributed by atoms with Crippen LogP contribution < -0.4 is 5.32 Å². The maximum atomic E-state index is 3.62. The van der Waals surface area contributed by atoms with Gasteiger partial charge in [0.05, 0.1) is 0 Å². The summed E-state index contributed by atoms with van der Waals surface area (Å²) in [6.07, 6.45) is 13.1. The van der Waals surface area contributed by atoms with E-state index in [1.54, 1.807) is 0 Å². The second kappa shape index (κ2) is 5.71. The smallest absolute Gasteiger partial charge is 0.0123 e. The van der Waals surface area contributed by atoms with Gasteiger partial charge < -0.3 is 10.2 Å². The first kappa shape index (κ1) is 12.0. The van der Waals surface area contributed by atoms with E-state index in [1.165, 1.54) is 77.4 Å². The third-order valence-electron chi connectivity index (χ3n) is 5.27. The van der Waals surface area contributed by atoms with Crippen LogP contribution in [0.3, 0.4) is 0 Å². The Balaban J connectivity index is 1.41. The zero-order valence-electron chi connectivity index (χ0n) is 11.2. The summed E-state index contributed by atoms with van der Waals surface area (Å²) in [7, 11) is 0. The summed E-state index contributed by atoms with van der Waals surface area (Å²) < 4.78 is 0. The summed E-state index contributed by atoms with van der Waals surface area (Å²) in [5.41, 5.74) is 0. The molecular weight excluding hydrogens is 208 g/mol. The summed E-state index contributed by atoms with van der Waals surface area (Å²) >= 11 is 0. The van der Waals surface area contributed by atoms with Crippen LogP contribution in [0.1, 0.15) is 57.8 Å². The molecule has 0 aromatic rings. The molecule has 2 heterocycles. The van der Waals surface area contributed by atoms with Gasteiger partial charge >= 0.3 is 0 Å². The van der Waals surface area contributed by atoms with Gasteiger partial charge in [0.1, 0.15) is 0 Å². The highest BCUT2D eigenvalue weighted by atomic mass is 15.2. The van der Waals surface area contributed by atoms with E-state index in [0.717, 1.165) is 18.0 Å². The molecule has 2 nitrogen and oxygen atoms in total. The normalized spacial score (nSPS) is 38.5. The third-order valence-corrected chi connectivity index (χ3v) is 5.27. The van der Waals surface area contributed by atoms with Gasteiger partial charge in [-0.25, -0.2) is 0 Å². The average Bonchev–Trinajstić information content (AvgIpc) is 2.99.